The summed E-state index contributed by atoms with van der Waals surface area (Å²) in [5.41, 5.74) is 0.399. The monoisotopic (exact) mass is 504 g/mol. The van der Waals surface area contributed by atoms with Gasteiger partial charge in [0.25, 0.3) is 0 Å². The zero-order valence-electron chi connectivity index (χ0n) is 20.7. The normalized spacial score (nSPS) is 17.5. The third-order valence-corrected chi connectivity index (χ3v) is 8.54. The average molecular weight is 505 g/mol. The lowest BCUT2D eigenvalue weighted by molar-refractivity contribution is -0.138. The summed E-state index contributed by atoms with van der Waals surface area (Å²) in [4.78, 5) is 16.6. The molecule has 3 aromatic rings. The molecule has 3 heterocycles. The Labute approximate surface area is 207 Å². The number of carbonyl (C=O) groups excluding carboxylic acids is 1. The highest BCUT2D eigenvalue weighted by Crippen LogP contribution is 2.40. The van der Waals surface area contributed by atoms with Gasteiger partial charge in [-0.3, -0.25) is 4.79 Å². The van der Waals surface area contributed by atoms with Crippen LogP contribution in [0.1, 0.15) is 71.7 Å². The van der Waals surface area contributed by atoms with Crippen molar-refractivity contribution in [1.29, 1.82) is 0 Å². The van der Waals surface area contributed by atoms with E-state index in [1.807, 2.05) is 19.9 Å². The minimum atomic E-state index is -4.41. The Morgan fingerprint density at radius 2 is 1.91 bits per heavy atom. The molecule has 1 fully saturated rings. The van der Waals surface area contributed by atoms with E-state index in [1.165, 1.54) is 24.3 Å². The number of nitrogens with one attached hydrogen (secondary N) is 1. The Morgan fingerprint density at radius 3 is 2.54 bits per heavy atom. The molecule has 0 unspecified atom stereocenters. The fourth-order valence-corrected chi connectivity index (χ4v) is 6.07. The molecular formula is C26H31F3N4OS. The number of fused-ring (bicyclic) bond motifs is 1. The van der Waals surface area contributed by atoms with Crippen molar-refractivity contribution in [3.63, 3.8) is 0 Å². The van der Waals surface area contributed by atoms with Crippen molar-refractivity contribution in [1.82, 2.24) is 15.1 Å². The maximum Gasteiger partial charge on any atom is 0.416 e. The van der Waals surface area contributed by atoms with Gasteiger partial charge in [-0.25, -0.2) is 0 Å². The van der Waals surface area contributed by atoms with Crippen LogP contribution in [0.15, 0.2) is 24.3 Å². The summed E-state index contributed by atoms with van der Waals surface area (Å²) in [7, 11) is 0. The lowest BCUT2D eigenvalue weighted by Crippen LogP contribution is -2.42. The molecule has 0 spiro atoms. The maximum absolute atomic E-state index is 13.6. The van der Waals surface area contributed by atoms with Gasteiger partial charge in [0.05, 0.1) is 26.9 Å². The Bertz CT molecular complexity index is 1250. The lowest BCUT2D eigenvalue weighted by atomic mass is 9.76. The van der Waals surface area contributed by atoms with Crippen molar-refractivity contribution >= 4 is 33.0 Å². The van der Waals surface area contributed by atoms with Gasteiger partial charge >= 0.3 is 6.18 Å². The van der Waals surface area contributed by atoms with Gasteiger partial charge in [-0.05, 0) is 76.5 Å². The number of likely N-dealkylation sites (tertiary alicyclic amines) is 1. The molecule has 35 heavy (non-hydrogen) atoms. The Morgan fingerprint density at radius 1 is 1.23 bits per heavy atom. The summed E-state index contributed by atoms with van der Waals surface area (Å²) in [6.07, 6.45) is -2.77. The van der Waals surface area contributed by atoms with Crippen LogP contribution in [0, 0.1) is 19.3 Å². The molecule has 2 aromatic heterocycles. The minimum absolute atomic E-state index is 0.140. The molecule has 0 aliphatic carbocycles. The summed E-state index contributed by atoms with van der Waals surface area (Å²) >= 11 is 1.42. The van der Waals surface area contributed by atoms with Crippen LogP contribution in [0.5, 0.6) is 0 Å². The molecule has 0 amide bonds. The van der Waals surface area contributed by atoms with Crippen molar-refractivity contribution in [3.8, 4) is 0 Å². The number of aryl methyl sites for hydroxylation is 1. The zero-order valence-corrected chi connectivity index (χ0v) is 21.5. The molecule has 0 bridgehead atoms. The molecular weight excluding hydrogens is 473 g/mol. The van der Waals surface area contributed by atoms with Crippen molar-refractivity contribution < 1.29 is 18.0 Å². The van der Waals surface area contributed by atoms with Crippen molar-refractivity contribution in [2.45, 2.75) is 59.7 Å². The number of halogens is 3. The van der Waals surface area contributed by atoms with Gasteiger partial charge in [0.15, 0.2) is 11.6 Å². The van der Waals surface area contributed by atoms with E-state index < -0.39 is 23.2 Å². The molecule has 9 heteroatoms. The number of benzene rings is 1. The second-order valence-corrected chi connectivity index (χ2v) is 10.7. The first-order valence-electron chi connectivity index (χ1n) is 11.9. The van der Waals surface area contributed by atoms with Crippen LogP contribution >= 0.6 is 11.3 Å². The van der Waals surface area contributed by atoms with E-state index in [0.29, 0.717) is 16.3 Å². The highest BCUT2D eigenvalue weighted by molar-refractivity contribution is 7.21. The molecule has 1 saturated heterocycles. The number of aromatic nitrogens is 2. The van der Waals surface area contributed by atoms with E-state index in [2.05, 4.69) is 27.3 Å². The molecule has 1 N–H and O–H groups in total. The summed E-state index contributed by atoms with van der Waals surface area (Å²) < 4.78 is 41.1. The van der Waals surface area contributed by atoms with Crippen LogP contribution in [0.4, 0.5) is 19.0 Å². The van der Waals surface area contributed by atoms with Crippen LogP contribution in [-0.2, 0) is 6.18 Å². The highest BCUT2D eigenvalue weighted by atomic mass is 32.1. The van der Waals surface area contributed by atoms with Crippen molar-refractivity contribution in [2.75, 3.05) is 25.0 Å². The molecule has 1 aliphatic heterocycles. The van der Waals surface area contributed by atoms with E-state index in [1.54, 1.807) is 13.0 Å². The molecule has 1 aromatic carbocycles. The highest BCUT2D eigenvalue weighted by Gasteiger charge is 2.38. The summed E-state index contributed by atoms with van der Waals surface area (Å²) in [5, 5.41) is 12.6. The third-order valence-electron chi connectivity index (χ3n) is 7.30. The third kappa shape index (κ3) is 4.93. The molecule has 4 rings (SSSR count). The number of Topliss-reactive ketones (excluding diaryl/α,β-unsaturated/α-hetero) is 1. The lowest BCUT2D eigenvalue weighted by Gasteiger charge is -2.37. The number of carbonyl (C=O) groups is 1. The predicted molar refractivity (Wildman–Crippen MR) is 134 cm³/mol. The summed E-state index contributed by atoms with van der Waals surface area (Å²) in [6, 6.07) is 5.64. The van der Waals surface area contributed by atoms with E-state index in [9.17, 15) is 18.0 Å². The molecule has 188 valence electrons. The predicted octanol–water partition coefficient (Wildman–Crippen LogP) is 6.80. The van der Waals surface area contributed by atoms with Crippen LogP contribution in [0.25, 0.3) is 10.1 Å². The van der Waals surface area contributed by atoms with E-state index in [-0.39, 0.29) is 11.3 Å². The van der Waals surface area contributed by atoms with E-state index in [4.69, 9.17) is 0 Å². The number of piperidine rings is 1. The molecule has 5 nitrogen and oxygen atoms in total. The second kappa shape index (κ2) is 9.50. The zero-order chi connectivity index (χ0) is 25.5. The number of rotatable bonds is 6. The van der Waals surface area contributed by atoms with Gasteiger partial charge in [0, 0.05) is 10.8 Å². The maximum atomic E-state index is 13.6. The first-order valence-corrected chi connectivity index (χ1v) is 12.7. The number of alkyl halides is 3. The van der Waals surface area contributed by atoms with Crippen LogP contribution in [0.3, 0.4) is 0 Å². The largest absolute Gasteiger partial charge is 0.416 e. The van der Waals surface area contributed by atoms with E-state index in [0.717, 1.165) is 54.3 Å². The number of nitrogens with zero attached hydrogens (tertiary/aromatic N) is 3. The number of hydrogen-bond acceptors (Lipinski definition) is 6. The number of hydrogen-bond donors (Lipinski definition) is 1. The fraction of sp³-hybridized carbons (Fsp3) is 0.500. The first kappa shape index (κ1) is 25.6. The molecule has 0 radical (unpaired) electrons. The van der Waals surface area contributed by atoms with Gasteiger partial charge in [-0.15, -0.1) is 16.4 Å². The van der Waals surface area contributed by atoms with Crippen molar-refractivity contribution in [2.24, 2.45) is 5.41 Å². The van der Waals surface area contributed by atoms with Crippen LogP contribution < -0.4 is 5.32 Å². The van der Waals surface area contributed by atoms with Gasteiger partial charge in [0.1, 0.15) is 0 Å². The second-order valence-electron chi connectivity index (χ2n) is 9.70. The van der Waals surface area contributed by atoms with Gasteiger partial charge in [-0.2, -0.15) is 18.3 Å². The van der Waals surface area contributed by atoms with Gasteiger partial charge in [-0.1, -0.05) is 26.0 Å². The van der Waals surface area contributed by atoms with Gasteiger partial charge < -0.3 is 10.2 Å². The quantitative estimate of drug-likeness (QED) is 0.374. The molecule has 1 aliphatic rings. The number of thiophene rings is 1. The topological polar surface area (TPSA) is 58.1 Å². The van der Waals surface area contributed by atoms with E-state index >= 15 is 0 Å². The minimum Gasteiger partial charge on any atom is -0.362 e. The van der Waals surface area contributed by atoms with Crippen LogP contribution in [-0.4, -0.2) is 40.5 Å². The smallest absolute Gasteiger partial charge is 0.362 e. The SMILES string of the molecule is CCN1CCC(C)(C(=O)c2cc3c(N[C@H](C)c4cccc(C(F)(F)F)c4C)nnc(C)c3s2)CC1. The Balaban J connectivity index is 1.65. The summed E-state index contributed by atoms with van der Waals surface area (Å²) in [6.45, 7) is 12.1. The Hall–Kier alpha value is -2.52. The first-order chi connectivity index (χ1) is 16.4. The fourth-order valence-electron chi connectivity index (χ4n) is 4.88. The molecule has 0 saturated carbocycles. The van der Waals surface area contributed by atoms with Crippen LogP contribution in [0.2, 0.25) is 0 Å². The van der Waals surface area contributed by atoms with Crippen molar-refractivity contribution in [3.05, 3.63) is 51.5 Å². The average Bonchev–Trinajstić information content (AvgIpc) is 3.27. The number of anilines is 1. The molecule has 1 atom stereocenters. The Kier molecular flexibility index (Phi) is 6.94. The standard InChI is InChI=1S/C26H31F3N4OS/c1-6-33-12-10-25(5,11-13-33)23(34)21-14-19-22(35-21)17(4)31-32-24(19)30-16(3)18-8-7-9-20(15(18)2)26(27,28)29/h7-9,14,16H,6,10-13H2,1-5H3,(H,30,32)/t16-/m1/s1. The van der Waals surface area contributed by atoms with Gasteiger partial charge in [0.2, 0.25) is 0 Å². The summed E-state index contributed by atoms with van der Waals surface area (Å²) in [5.74, 6) is 0.609. The number of ketones is 1.